The number of anilines is 1. The summed E-state index contributed by atoms with van der Waals surface area (Å²) in [6, 6.07) is 12.4. The molecular weight excluding hydrogens is 421 g/mol. The van der Waals surface area contributed by atoms with Gasteiger partial charge < -0.3 is 9.64 Å². The number of carbonyl (C=O) groups is 2. The molecule has 0 amide bonds. The number of carbonyl (C=O) groups excluding carboxylic acids is 2. The van der Waals surface area contributed by atoms with Gasteiger partial charge in [0, 0.05) is 33.4 Å². The van der Waals surface area contributed by atoms with Crippen molar-refractivity contribution in [3.63, 3.8) is 0 Å². The van der Waals surface area contributed by atoms with E-state index < -0.39 is 6.23 Å². The highest BCUT2D eigenvalue weighted by molar-refractivity contribution is 6.31. The lowest BCUT2D eigenvalue weighted by atomic mass is 9.73. The lowest BCUT2D eigenvalue weighted by molar-refractivity contribution is -0.117. The van der Waals surface area contributed by atoms with Crippen LogP contribution in [0.2, 0.25) is 10.0 Å². The SMILES string of the molecule is CC1(C)CC(=O)C2=C(C1)N(c1ccc(Cl)cc1)C1Oc3ccc(Cl)cc3C(=O)C1=C2. The maximum Gasteiger partial charge on any atom is 0.206 e. The van der Waals surface area contributed by atoms with Crippen LogP contribution in [0.5, 0.6) is 5.75 Å². The van der Waals surface area contributed by atoms with E-state index >= 15 is 0 Å². The van der Waals surface area contributed by atoms with Crippen LogP contribution >= 0.6 is 23.2 Å². The summed E-state index contributed by atoms with van der Waals surface area (Å²) in [5.74, 6) is 0.346. The van der Waals surface area contributed by atoms with Crippen molar-refractivity contribution in [1.82, 2.24) is 0 Å². The van der Waals surface area contributed by atoms with Crippen molar-refractivity contribution >= 4 is 40.5 Å². The van der Waals surface area contributed by atoms with Crippen LogP contribution in [0, 0.1) is 5.41 Å². The van der Waals surface area contributed by atoms with Crippen molar-refractivity contribution in [3.8, 4) is 5.75 Å². The van der Waals surface area contributed by atoms with Crippen molar-refractivity contribution in [3.05, 3.63) is 81.0 Å². The van der Waals surface area contributed by atoms with Gasteiger partial charge in [0.2, 0.25) is 6.23 Å². The number of halogens is 2. The minimum atomic E-state index is -0.659. The molecule has 30 heavy (non-hydrogen) atoms. The van der Waals surface area contributed by atoms with Crippen molar-refractivity contribution in [1.29, 1.82) is 0 Å². The Hall–Kier alpha value is -2.56. The van der Waals surface area contributed by atoms with E-state index in [9.17, 15) is 9.59 Å². The zero-order chi connectivity index (χ0) is 21.2. The summed E-state index contributed by atoms with van der Waals surface area (Å²) in [7, 11) is 0. The number of fused-ring (bicyclic) bond motifs is 2. The normalized spacial score (nSPS) is 22.1. The molecule has 0 saturated heterocycles. The van der Waals surface area contributed by atoms with Gasteiger partial charge in [-0.05, 0) is 60.4 Å². The molecule has 2 heterocycles. The van der Waals surface area contributed by atoms with Crippen molar-refractivity contribution in [2.24, 2.45) is 5.41 Å². The molecule has 152 valence electrons. The molecule has 0 radical (unpaired) electrons. The van der Waals surface area contributed by atoms with Gasteiger partial charge in [0.15, 0.2) is 11.6 Å². The van der Waals surface area contributed by atoms with Crippen LogP contribution in [0.1, 0.15) is 37.0 Å². The summed E-state index contributed by atoms with van der Waals surface area (Å²) in [6.07, 6.45) is 2.19. The molecule has 6 heteroatoms. The molecule has 1 unspecified atom stereocenters. The molecular formula is C24H19Cl2NO3. The Morgan fingerprint density at radius 1 is 1.00 bits per heavy atom. The van der Waals surface area contributed by atoms with Crippen molar-refractivity contribution in [2.75, 3.05) is 4.90 Å². The average Bonchev–Trinajstić information content (AvgIpc) is 2.68. The second-order valence-electron chi connectivity index (χ2n) is 8.69. The molecule has 0 aromatic heterocycles. The molecule has 0 saturated carbocycles. The summed E-state index contributed by atoms with van der Waals surface area (Å²) < 4.78 is 6.31. The molecule has 0 bridgehead atoms. The van der Waals surface area contributed by atoms with Crippen molar-refractivity contribution in [2.45, 2.75) is 32.9 Å². The Morgan fingerprint density at radius 2 is 1.70 bits per heavy atom. The number of hydrogen-bond acceptors (Lipinski definition) is 4. The van der Waals surface area contributed by atoms with Gasteiger partial charge in [0.05, 0.1) is 11.1 Å². The predicted octanol–water partition coefficient (Wildman–Crippen LogP) is 5.98. The molecule has 2 aliphatic heterocycles. The van der Waals surface area contributed by atoms with Gasteiger partial charge in [-0.15, -0.1) is 0 Å². The zero-order valence-electron chi connectivity index (χ0n) is 16.5. The van der Waals surface area contributed by atoms with Gasteiger partial charge in [-0.1, -0.05) is 37.0 Å². The molecule has 0 spiro atoms. The van der Waals surface area contributed by atoms with Gasteiger partial charge in [-0.3, -0.25) is 9.59 Å². The lowest BCUT2D eigenvalue weighted by Gasteiger charge is -2.45. The minimum Gasteiger partial charge on any atom is -0.465 e. The first-order valence-corrected chi connectivity index (χ1v) is 10.5. The first-order chi connectivity index (χ1) is 14.2. The van der Waals surface area contributed by atoms with Crippen LogP contribution < -0.4 is 9.64 Å². The first kappa shape index (κ1) is 19.4. The summed E-state index contributed by atoms with van der Waals surface area (Å²) in [5, 5.41) is 1.08. The third-order valence-electron chi connectivity index (χ3n) is 5.78. The number of nitrogens with zero attached hydrogens (tertiary/aromatic N) is 1. The molecule has 0 fully saturated rings. The first-order valence-electron chi connectivity index (χ1n) is 9.77. The van der Waals surface area contributed by atoms with E-state index in [0.29, 0.717) is 45.3 Å². The van der Waals surface area contributed by atoms with Crippen LogP contribution in [-0.4, -0.2) is 17.8 Å². The number of ether oxygens (including phenoxy) is 1. The highest BCUT2D eigenvalue weighted by atomic mass is 35.5. The van der Waals surface area contributed by atoms with E-state index in [2.05, 4.69) is 13.8 Å². The monoisotopic (exact) mass is 439 g/mol. The van der Waals surface area contributed by atoms with Crippen LogP contribution in [0.25, 0.3) is 0 Å². The molecule has 1 atom stereocenters. The number of allylic oxidation sites excluding steroid dienone is 3. The highest BCUT2D eigenvalue weighted by Crippen LogP contribution is 2.47. The fraction of sp³-hybridized carbons (Fsp3) is 0.250. The largest absolute Gasteiger partial charge is 0.465 e. The molecule has 5 rings (SSSR count). The van der Waals surface area contributed by atoms with E-state index in [-0.39, 0.29) is 17.0 Å². The number of hydrogen-bond donors (Lipinski definition) is 0. The third kappa shape index (κ3) is 3.06. The fourth-order valence-corrected chi connectivity index (χ4v) is 4.73. The summed E-state index contributed by atoms with van der Waals surface area (Å²) >= 11 is 12.2. The number of rotatable bonds is 1. The molecule has 1 aliphatic carbocycles. The second-order valence-corrected chi connectivity index (χ2v) is 9.56. The van der Waals surface area contributed by atoms with Gasteiger partial charge in [-0.2, -0.15) is 0 Å². The number of Topliss-reactive ketones (excluding diaryl/α,β-unsaturated/α-hetero) is 2. The molecule has 2 aromatic carbocycles. The molecule has 3 aliphatic rings. The van der Waals surface area contributed by atoms with E-state index in [1.807, 2.05) is 17.0 Å². The van der Waals surface area contributed by atoms with Crippen LogP contribution in [0.15, 0.2) is 65.4 Å². The Labute approximate surface area is 184 Å². The van der Waals surface area contributed by atoms with Gasteiger partial charge in [-0.25, -0.2) is 0 Å². The van der Waals surface area contributed by atoms with Crippen molar-refractivity contribution < 1.29 is 14.3 Å². The van der Waals surface area contributed by atoms with Gasteiger partial charge in [0.25, 0.3) is 0 Å². The lowest BCUT2D eigenvalue weighted by Crippen LogP contribution is -2.49. The zero-order valence-corrected chi connectivity index (χ0v) is 18.1. The molecule has 2 aromatic rings. The van der Waals surface area contributed by atoms with E-state index in [4.69, 9.17) is 27.9 Å². The fourth-order valence-electron chi connectivity index (χ4n) is 4.43. The topological polar surface area (TPSA) is 46.6 Å². The van der Waals surface area contributed by atoms with Gasteiger partial charge >= 0.3 is 0 Å². The highest BCUT2D eigenvalue weighted by Gasteiger charge is 2.45. The Kier molecular flexibility index (Phi) is 4.35. The Bertz CT molecular complexity index is 1160. The van der Waals surface area contributed by atoms with Crippen LogP contribution in [0.4, 0.5) is 5.69 Å². The maximum absolute atomic E-state index is 13.4. The Morgan fingerprint density at radius 3 is 2.43 bits per heavy atom. The van der Waals surface area contributed by atoms with E-state index in [1.165, 1.54) is 0 Å². The van der Waals surface area contributed by atoms with Crippen LogP contribution in [-0.2, 0) is 4.79 Å². The van der Waals surface area contributed by atoms with Crippen LogP contribution in [0.3, 0.4) is 0 Å². The smallest absolute Gasteiger partial charge is 0.206 e. The van der Waals surface area contributed by atoms with E-state index in [0.717, 1.165) is 11.4 Å². The molecule has 0 N–H and O–H groups in total. The second kappa shape index (κ2) is 6.73. The average molecular weight is 440 g/mol. The molecule has 4 nitrogen and oxygen atoms in total. The maximum atomic E-state index is 13.4. The van der Waals surface area contributed by atoms with E-state index in [1.54, 1.807) is 36.4 Å². The standard InChI is InChI=1S/C24H19Cl2NO3/c1-24(2)11-19-16(20(28)12-24)10-18-22(29)17-9-14(26)5-8-21(17)30-23(18)27(19)15-6-3-13(25)4-7-15/h3-10,23H,11-12H2,1-2H3. The quantitative estimate of drug-likeness (QED) is 0.547. The summed E-state index contributed by atoms with van der Waals surface area (Å²) in [4.78, 5) is 28.4. The third-order valence-corrected chi connectivity index (χ3v) is 6.27. The Balaban J connectivity index is 1.72. The number of benzene rings is 2. The van der Waals surface area contributed by atoms with Gasteiger partial charge in [0.1, 0.15) is 5.75 Å². The minimum absolute atomic E-state index is 0.0378. The summed E-state index contributed by atoms with van der Waals surface area (Å²) in [5.41, 5.74) is 2.93. The number of ketones is 2. The summed E-state index contributed by atoms with van der Waals surface area (Å²) in [6.45, 7) is 4.16. The predicted molar refractivity (Wildman–Crippen MR) is 117 cm³/mol.